The second kappa shape index (κ2) is 7.04. The molecule has 0 radical (unpaired) electrons. The van der Waals surface area contributed by atoms with E-state index in [0.717, 1.165) is 23.2 Å². The summed E-state index contributed by atoms with van der Waals surface area (Å²) in [4.78, 5) is 20.7. The summed E-state index contributed by atoms with van der Waals surface area (Å²) in [5.74, 6) is -0.458. The van der Waals surface area contributed by atoms with Gasteiger partial charge in [0.25, 0.3) is 0 Å². The van der Waals surface area contributed by atoms with Crippen LogP contribution in [-0.4, -0.2) is 23.0 Å². The monoisotopic (exact) mass is 318 g/mol. The Kier molecular flexibility index (Phi) is 4.66. The maximum Gasteiger partial charge on any atom is 0.356 e. The minimum absolute atomic E-state index is 0.270. The maximum atomic E-state index is 11.8. The van der Waals surface area contributed by atoms with Crippen molar-refractivity contribution in [3.8, 4) is 22.5 Å². The zero-order valence-electron chi connectivity index (χ0n) is 13.7. The SMILES string of the molecule is CCc1ccc(-c2ccc(C(=O)OC)nc2-c2ccccn2)cc1. The minimum Gasteiger partial charge on any atom is -0.464 e. The van der Waals surface area contributed by atoms with Gasteiger partial charge in [0.05, 0.1) is 18.5 Å². The molecule has 4 nitrogen and oxygen atoms in total. The summed E-state index contributed by atoms with van der Waals surface area (Å²) >= 11 is 0. The lowest BCUT2D eigenvalue weighted by Gasteiger charge is -2.11. The standard InChI is InChI=1S/C20H18N2O2/c1-3-14-7-9-15(10-8-14)16-11-12-18(20(23)24-2)22-19(16)17-6-4-5-13-21-17/h4-13H,3H2,1-2H3. The fourth-order valence-corrected chi connectivity index (χ4v) is 2.53. The largest absolute Gasteiger partial charge is 0.464 e. The second-order valence-electron chi connectivity index (χ2n) is 5.35. The summed E-state index contributed by atoms with van der Waals surface area (Å²) in [7, 11) is 1.35. The van der Waals surface area contributed by atoms with Crippen molar-refractivity contribution in [3.05, 3.63) is 72.1 Å². The molecule has 0 amide bonds. The third kappa shape index (κ3) is 3.18. The number of hydrogen-bond donors (Lipinski definition) is 0. The molecule has 2 heterocycles. The van der Waals surface area contributed by atoms with Gasteiger partial charge in [-0.3, -0.25) is 4.98 Å². The van der Waals surface area contributed by atoms with Crippen LogP contribution >= 0.6 is 0 Å². The van der Waals surface area contributed by atoms with Crippen molar-refractivity contribution in [1.29, 1.82) is 0 Å². The molecule has 0 atom stereocenters. The van der Waals surface area contributed by atoms with E-state index in [1.54, 1.807) is 12.3 Å². The highest BCUT2D eigenvalue weighted by atomic mass is 16.5. The van der Waals surface area contributed by atoms with Crippen molar-refractivity contribution in [2.45, 2.75) is 13.3 Å². The number of carbonyl (C=O) groups excluding carboxylic acids is 1. The normalized spacial score (nSPS) is 10.4. The van der Waals surface area contributed by atoms with Crippen LogP contribution in [0.4, 0.5) is 0 Å². The van der Waals surface area contributed by atoms with Gasteiger partial charge in [0.2, 0.25) is 0 Å². The molecular weight excluding hydrogens is 300 g/mol. The Labute approximate surface area is 141 Å². The Bertz CT molecular complexity index is 843. The molecule has 2 aromatic heterocycles. The van der Waals surface area contributed by atoms with E-state index in [2.05, 4.69) is 41.2 Å². The molecule has 1 aromatic carbocycles. The van der Waals surface area contributed by atoms with Crippen LogP contribution in [0.1, 0.15) is 23.0 Å². The topological polar surface area (TPSA) is 52.1 Å². The molecule has 0 saturated heterocycles. The average molecular weight is 318 g/mol. The smallest absolute Gasteiger partial charge is 0.356 e. The number of aryl methyl sites for hydroxylation is 1. The van der Waals surface area contributed by atoms with Crippen LogP contribution in [0.15, 0.2) is 60.8 Å². The number of esters is 1. The summed E-state index contributed by atoms with van der Waals surface area (Å²) in [5.41, 5.74) is 4.91. The third-order valence-corrected chi connectivity index (χ3v) is 3.87. The molecule has 0 unspecified atom stereocenters. The number of nitrogens with zero attached hydrogens (tertiary/aromatic N) is 2. The Balaban J connectivity index is 2.15. The van der Waals surface area contributed by atoms with Crippen molar-refractivity contribution in [3.63, 3.8) is 0 Å². The van der Waals surface area contributed by atoms with Crippen LogP contribution in [0.25, 0.3) is 22.5 Å². The summed E-state index contributed by atoms with van der Waals surface area (Å²) < 4.78 is 4.78. The molecule has 4 heteroatoms. The van der Waals surface area contributed by atoms with Crippen molar-refractivity contribution in [1.82, 2.24) is 9.97 Å². The van der Waals surface area contributed by atoms with Crippen molar-refractivity contribution in [2.24, 2.45) is 0 Å². The van der Waals surface area contributed by atoms with Crippen LogP contribution in [0.3, 0.4) is 0 Å². The van der Waals surface area contributed by atoms with Gasteiger partial charge in [-0.1, -0.05) is 37.3 Å². The molecule has 0 aliphatic heterocycles. The van der Waals surface area contributed by atoms with E-state index >= 15 is 0 Å². The van der Waals surface area contributed by atoms with E-state index in [4.69, 9.17) is 4.74 Å². The molecule has 0 bridgehead atoms. The average Bonchev–Trinajstić information content (AvgIpc) is 2.67. The predicted molar refractivity (Wildman–Crippen MR) is 93.6 cm³/mol. The van der Waals surface area contributed by atoms with E-state index in [0.29, 0.717) is 5.69 Å². The second-order valence-corrected chi connectivity index (χ2v) is 5.35. The summed E-state index contributed by atoms with van der Waals surface area (Å²) in [6.07, 6.45) is 2.71. The fourth-order valence-electron chi connectivity index (χ4n) is 2.53. The maximum absolute atomic E-state index is 11.8. The molecule has 0 aliphatic carbocycles. The van der Waals surface area contributed by atoms with Gasteiger partial charge in [0, 0.05) is 11.8 Å². The third-order valence-electron chi connectivity index (χ3n) is 3.87. The summed E-state index contributed by atoms with van der Waals surface area (Å²) in [5, 5.41) is 0. The number of aromatic nitrogens is 2. The van der Waals surface area contributed by atoms with Crippen LogP contribution in [0.5, 0.6) is 0 Å². The lowest BCUT2D eigenvalue weighted by Crippen LogP contribution is -2.06. The van der Waals surface area contributed by atoms with Gasteiger partial charge in [-0.25, -0.2) is 9.78 Å². The van der Waals surface area contributed by atoms with Crippen LogP contribution < -0.4 is 0 Å². The Morgan fingerprint density at radius 1 is 1.04 bits per heavy atom. The van der Waals surface area contributed by atoms with E-state index in [9.17, 15) is 4.79 Å². The van der Waals surface area contributed by atoms with E-state index in [-0.39, 0.29) is 5.69 Å². The number of pyridine rings is 2. The van der Waals surface area contributed by atoms with Crippen LogP contribution in [0.2, 0.25) is 0 Å². The Morgan fingerprint density at radius 3 is 2.46 bits per heavy atom. The molecular formula is C20H18N2O2. The number of methoxy groups -OCH3 is 1. The highest BCUT2D eigenvalue weighted by Crippen LogP contribution is 2.30. The zero-order chi connectivity index (χ0) is 16.9. The fraction of sp³-hybridized carbons (Fsp3) is 0.150. The molecule has 0 N–H and O–H groups in total. The van der Waals surface area contributed by atoms with Crippen molar-refractivity contribution >= 4 is 5.97 Å². The lowest BCUT2D eigenvalue weighted by molar-refractivity contribution is 0.0594. The number of carbonyl (C=O) groups is 1. The lowest BCUT2D eigenvalue weighted by atomic mass is 9.99. The van der Waals surface area contributed by atoms with Gasteiger partial charge in [0.1, 0.15) is 5.69 Å². The molecule has 0 fully saturated rings. The van der Waals surface area contributed by atoms with Crippen molar-refractivity contribution < 1.29 is 9.53 Å². The van der Waals surface area contributed by atoms with Gasteiger partial charge in [-0.05, 0) is 41.8 Å². The first-order chi connectivity index (χ1) is 11.7. The van der Waals surface area contributed by atoms with Crippen LogP contribution in [-0.2, 0) is 11.2 Å². The number of hydrogen-bond acceptors (Lipinski definition) is 4. The number of rotatable bonds is 4. The molecule has 3 rings (SSSR count). The molecule has 3 aromatic rings. The number of benzene rings is 1. The van der Waals surface area contributed by atoms with Gasteiger partial charge < -0.3 is 4.74 Å². The minimum atomic E-state index is -0.458. The van der Waals surface area contributed by atoms with Crippen LogP contribution in [0, 0.1) is 0 Å². The molecule has 0 aliphatic rings. The van der Waals surface area contributed by atoms with Gasteiger partial charge in [-0.15, -0.1) is 0 Å². The van der Waals surface area contributed by atoms with Gasteiger partial charge in [0.15, 0.2) is 0 Å². The molecule has 24 heavy (non-hydrogen) atoms. The predicted octanol–water partition coefficient (Wildman–Crippen LogP) is 4.16. The first-order valence-corrected chi connectivity index (χ1v) is 7.83. The van der Waals surface area contributed by atoms with E-state index < -0.39 is 5.97 Å². The van der Waals surface area contributed by atoms with E-state index in [1.807, 2.05) is 24.3 Å². The highest BCUT2D eigenvalue weighted by Gasteiger charge is 2.15. The molecule has 120 valence electrons. The summed E-state index contributed by atoms with van der Waals surface area (Å²) in [6, 6.07) is 17.6. The first kappa shape index (κ1) is 15.9. The van der Waals surface area contributed by atoms with Crippen molar-refractivity contribution in [2.75, 3.05) is 7.11 Å². The Morgan fingerprint density at radius 2 is 1.83 bits per heavy atom. The van der Waals surface area contributed by atoms with E-state index in [1.165, 1.54) is 12.7 Å². The molecule has 0 spiro atoms. The summed E-state index contributed by atoms with van der Waals surface area (Å²) in [6.45, 7) is 2.13. The highest BCUT2D eigenvalue weighted by molar-refractivity contribution is 5.90. The zero-order valence-corrected chi connectivity index (χ0v) is 13.7. The Hall–Kier alpha value is -3.01. The quantitative estimate of drug-likeness (QED) is 0.678. The van der Waals surface area contributed by atoms with Gasteiger partial charge >= 0.3 is 5.97 Å². The van der Waals surface area contributed by atoms with Gasteiger partial charge in [-0.2, -0.15) is 0 Å². The molecule has 0 saturated carbocycles. The first-order valence-electron chi connectivity index (χ1n) is 7.83. The number of ether oxygens (including phenoxy) is 1.